The van der Waals surface area contributed by atoms with Crippen molar-refractivity contribution >= 4 is 63.4 Å². The van der Waals surface area contributed by atoms with Gasteiger partial charge in [0.25, 0.3) is 0 Å². The predicted molar refractivity (Wildman–Crippen MR) is 205 cm³/mol. The zero-order valence-electron chi connectivity index (χ0n) is 30.5. The van der Waals surface area contributed by atoms with E-state index >= 15 is 0 Å². The van der Waals surface area contributed by atoms with Crippen LogP contribution in [0.1, 0.15) is 69.7 Å². The summed E-state index contributed by atoms with van der Waals surface area (Å²) in [7, 11) is 0. The van der Waals surface area contributed by atoms with Crippen LogP contribution in [0, 0.1) is 6.57 Å². The van der Waals surface area contributed by atoms with Crippen molar-refractivity contribution in [1.29, 1.82) is 0 Å². The fraction of sp³-hybridized carbons (Fsp3) is 0.262. The van der Waals surface area contributed by atoms with E-state index in [9.17, 15) is 24.0 Å². The molecule has 0 amide bonds. The molecule has 0 radical (unpaired) electrons. The number of fused-ring (bicyclic) bond motifs is 2. The average molecular weight is 743 g/mol. The number of carbonyl (C=O) groups is 5. The summed E-state index contributed by atoms with van der Waals surface area (Å²) in [6.07, 6.45) is 3.08. The third-order valence-electron chi connectivity index (χ3n) is 9.02. The first-order valence-electron chi connectivity index (χ1n) is 17.7. The number of rotatable bonds is 13. The number of benzene rings is 3. The van der Waals surface area contributed by atoms with Gasteiger partial charge in [-0.15, -0.1) is 0 Å². The Morgan fingerprint density at radius 2 is 1.35 bits per heavy atom. The smallest absolute Gasteiger partial charge is 0.338 e. The van der Waals surface area contributed by atoms with Gasteiger partial charge >= 0.3 is 23.9 Å². The van der Waals surface area contributed by atoms with E-state index < -0.39 is 23.9 Å². The highest BCUT2D eigenvalue weighted by Gasteiger charge is 2.33. The van der Waals surface area contributed by atoms with Gasteiger partial charge < -0.3 is 29.2 Å². The Kier molecular flexibility index (Phi) is 11.4. The number of carbonyl (C=O) groups excluding carboxylic acids is 5. The van der Waals surface area contributed by atoms with Crippen molar-refractivity contribution in [3.05, 3.63) is 113 Å². The molecule has 0 bridgehead atoms. The molecule has 280 valence electrons. The molecule has 1 aliphatic carbocycles. The molecule has 6 rings (SSSR count). The zero-order chi connectivity index (χ0) is 39.2. The molecular formula is C42H38N4O9. The maximum atomic E-state index is 14.3. The van der Waals surface area contributed by atoms with E-state index in [0.29, 0.717) is 44.8 Å². The first-order valence-corrected chi connectivity index (χ1v) is 17.7. The maximum absolute atomic E-state index is 14.3. The molecular weight excluding hydrogens is 704 g/mol. The van der Waals surface area contributed by atoms with Crippen molar-refractivity contribution in [2.24, 2.45) is 0 Å². The quantitative estimate of drug-likeness (QED) is 0.0424. The third kappa shape index (κ3) is 8.08. The van der Waals surface area contributed by atoms with Crippen LogP contribution in [0.4, 0.5) is 22.9 Å². The second-order valence-corrected chi connectivity index (χ2v) is 13.1. The van der Waals surface area contributed by atoms with E-state index in [1.807, 2.05) is 12.1 Å². The van der Waals surface area contributed by atoms with Gasteiger partial charge in [0.05, 0.1) is 34.5 Å². The SMILES string of the molecule is [C-]#[N+]c1c(N2CCCCC2)nc2ccc(Nc3cc(C(=O)OCCOC(=O)C(=C)C)cc(C(=O)OCCOC(=O)C(=C)C)c3)c3c2c1-c1ccccc1C3=O. The molecule has 13 heteroatoms. The number of piperidine rings is 1. The lowest BCUT2D eigenvalue weighted by Crippen LogP contribution is -2.30. The maximum Gasteiger partial charge on any atom is 0.338 e. The van der Waals surface area contributed by atoms with Gasteiger partial charge in [-0.3, -0.25) is 4.79 Å². The fourth-order valence-corrected chi connectivity index (χ4v) is 6.44. The highest BCUT2D eigenvalue weighted by Crippen LogP contribution is 2.50. The van der Waals surface area contributed by atoms with Crippen LogP contribution in [0.15, 0.2) is 78.9 Å². The van der Waals surface area contributed by atoms with E-state index in [-0.39, 0.29) is 65.7 Å². The molecule has 1 fully saturated rings. The molecule has 1 saturated heterocycles. The number of nitrogens with zero attached hydrogens (tertiary/aromatic N) is 3. The minimum atomic E-state index is -0.831. The van der Waals surface area contributed by atoms with Gasteiger partial charge in [-0.05, 0) is 69.0 Å². The second-order valence-electron chi connectivity index (χ2n) is 13.1. The van der Waals surface area contributed by atoms with E-state index in [2.05, 4.69) is 28.2 Å². The number of hydrogen-bond donors (Lipinski definition) is 1. The second kappa shape index (κ2) is 16.5. The lowest BCUT2D eigenvalue weighted by Gasteiger charge is -2.31. The van der Waals surface area contributed by atoms with Crippen LogP contribution in [0.5, 0.6) is 0 Å². The third-order valence-corrected chi connectivity index (χ3v) is 9.02. The lowest BCUT2D eigenvalue weighted by atomic mass is 9.82. The molecule has 2 heterocycles. The molecule has 0 saturated carbocycles. The Bertz CT molecular complexity index is 2250. The van der Waals surface area contributed by atoms with Crippen molar-refractivity contribution in [2.75, 3.05) is 49.7 Å². The molecule has 1 aromatic heterocycles. The summed E-state index contributed by atoms with van der Waals surface area (Å²) in [5, 5.41) is 3.74. The van der Waals surface area contributed by atoms with E-state index in [0.717, 1.165) is 32.4 Å². The summed E-state index contributed by atoms with van der Waals surface area (Å²) in [6, 6.07) is 14.8. The highest BCUT2D eigenvalue weighted by molar-refractivity contribution is 6.30. The highest BCUT2D eigenvalue weighted by atomic mass is 16.6. The zero-order valence-corrected chi connectivity index (χ0v) is 30.5. The van der Waals surface area contributed by atoms with Crippen LogP contribution < -0.4 is 10.2 Å². The minimum absolute atomic E-state index is 0.0492. The Hall–Kier alpha value is -6.81. The van der Waals surface area contributed by atoms with Crippen LogP contribution in [-0.2, 0) is 28.5 Å². The Labute approximate surface area is 317 Å². The molecule has 13 nitrogen and oxygen atoms in total. The van der Waals surface area contributed by atoms with Crippen LogP contribution in [0.3, 0.4) is 0 Å². The topological polar surface area (TPSA) is 155 Å². The largest absolute Gasteiger partial charge is 0.459 e. The van der Waals surface area contributed by atoms with Crippen LogP contribution in [0.2, 0.25) is 0 Å². The van der Waals surface area contributed by atoms with Crippen molar-refractivity contribution < 1.29 is 42.9 Å². The van der Waals surface area contributed by atoms with Gasteiger partial charge in [0.2, 0.25) is 5.69 Å². The van der Waals surface area contributed by atoms with Gasteiger partial charge in [-0.2, -0.15) is 0 Å². The summed E-state index contributed by atoms with van der Waals surface area (Å²) in [4.78, 5) is 75.4. The van der Waals surface area contributed by atoms with Gasteiger partial charge in [0, 0.05) is 46.4 Å². The normalized spacial score (nSPS) is 12.9. The molecule has 4 aromatic rings. The molecule has 55 heavy (non-hydrogen) atoms. The fourth-order valence-electron chi connectivity index (χ4n) is 6.44. The van der Waals surface area contributed by atoms with Crippen molar-refractivity contribution in [1.82, 2.24) is 4.98 Å². The number of ketones is 1. The summed E-state index contributed by atoms with van der Waals surface area (Å²) >= 11 is 0. The van der Waals surface area contributed by atoms with Gasteiger partial charge in [-0.1, -0.05) is 37.4 Å². The Balaban J connectivity index is 1.38. The molecule has 1 aliphatic heterocycles. The number of pyridine rings is 1. The van der Waals surface area contributed by atoms with Crippen molar-refractivity contribution in [2.45, 2.75) is 33.1 Å². The average Bonchev–Trinajstić information content (AvgIpc) is 3.19. The molecule has 3 aromatic carbocycles. The van der Waals surface area contributed by atoms with Gasteiger partial charge in [0.1, 0.15) is 32.2 Å². The molecule has 0 unspecified atom stereocenters. The molecule has 2 aliphatic rings. The number of nitrogens with one attached hydrogen (secondary N) is 1. The number of anilines is 3. The summed E-state index contributed by atoms with van der Waals surface area (Å²) in [5.74, 6) is -2.63. The number of ether oxygens (including phenoxy) is 4. The number of aromatic nitrogens is 1. The summed E-state index contributed by atoms with van der Waals surface area (Å²) in [6.45, 7) is 18.8. The Morgan fingerprint density at radius 1 is 0.782 bits per heavy atom. The molecule has 1 N–H and O–H groups in total. The molecule has 0 atom stereocenters. The summed E-state index contributed by atoms with van der Waals surface area (Å²) in [5.41, 5.74) is 3.74. The summed E-state index contributed by atoms with van der Waals surface area (Å²) < 4.78 is 20.7. The predicted octanol–water partition coefficient (Wildman–Crippen LogP) is 7.28. The van der Waals surface area contributed by atoms with Gasteiger partial charge in [-0.25, -0.2) is 29.0 Å². The van der Waals surface area contributed by atoms with E-state index in [4.69, 9.17) is 30.5 Å². The van der Waals surface area contributed by atoms with Crippen LogP contribution in [0.25, 0.3) is 26.9 Å². The first-order chi connectivity index (χ1) is 26.5. The van der Waals surface area contributed by atoms with Crippen LogP contribution >= 0.6 is 0 Å². The monoisotopic (exact) mass is 742 g/mol. The molecule has 0 spiro atoms. The standard InChI is InChI=1S/C42H38N4O9/c1-24(2)39(48)52-17-19-54-41(50)26-21-27(42(51)55-20-18-53-40(49)25(3)4)23-28(22-26)44-32-14-13-31-34-33(29-11-7-8-12-30(29)37(47)35(32)34)36(43-5)38(45-31)46-15-9-6-10-16-46/h7-8,11-14,21-23,44H,1,3,6,9-10,15-20H2,2,4H3. The number of esters is 4. The van der Waals surface area contributed by atoms with Crippen molar-refractivity contribution in [3.63, 3.8) is 0 Å². The van der Waals surface area contributed by atoms with Crippen LogP contribution in [-0.4, -0.2) is 74.2 Å². The lowest BCUT2D eigenvalue weighted by molar-refractivity contribution is -0.140. The van der Waals surface area contributed by atoms with Crippen molar-refractivity contribution in [3.8, 4) is 11.1 Å². The van der Waals surface area contributed by atoms with Gasteiger partial charge in [0.15, 0.2) is 5.78 Å². The minimum Gasteiger partial charge on any atom is -0.459 e. The van der Waals surface area contributed by atoms with E-state index in [1.54, 1.807) is 24.3 Å². The Morgan fingerprint density at radius 3 is 1.91 bits per heavy atom. The number of hydrogen-bond acceptors (Lipinski definition) is 12. The first kappa shape index (κ1) is 37.9. The van der Waals surface area contributed by atoms with E-state index in [1.165, 1.54) is 32.0 Å².